The molecule has 53 heavy (non-hydrogen) atoms. The molecule has 1 N–H and O–H groups in total. The van der Waals surface area contributed by atoms with Crippen LogP contribution < -0.4 is 20.7 Å². The van der Waals surface area contributed by atoms with Gasteiger partial charge in [-0.05, 0) is 92.1 Å². The number of rotatable bonds is 22. The zero-order chi connectivity index (χ0) is 37.2. The van der Waals surface area contributed by atoms with Gasteiger partial charge in [0, 0.05) is 0 Å². The summed E-state index contributed by atoms with van der Waals surface area (Å²) in [7, 11) is -5.73. The Morgan fingerprint density at radius 1 is 0.566 bits per heavy atom. The van der Waals surface area contributed by atoms with Crippen LogP contribution in [0.25, 0.3) is 0 Å². The molecule has 0 aliphatic rings. The van der Waals surface area contributed by atoms with Gasteiger partial charge in [0.2, 0.25) is 0 Å². The standard InChI is InChI=1S/C44H50O7PS/c45-38(35-49-39-21-11-7-12-22-39)36-50-44(46)37-29-31-43(32-30-37)53(47,48)51-33-19-5-3-1-2-4-6-20-34-52(40-23-13-8-14-24-40,41-25-15-9-16-26-41)42-27-17-10-18-28-42/h7-18,21-32,38,45H,1-6,19-20,33-36H2/q+1. The molecule has 278 valence electrons. The van der Waals surface area contributed by atoms with Crippen molar-refractivity contribution in [2.75, 3.05) is 26.0 Å². The Balaban J connectivity index is 0.978. The van der Waals surface area contributed by atoms with E-state index in [9.17, 15) is 18.3 Å². The predicted octanol–water partition coefficient (Wildman–Crippen LogP) is 8.10. The third kappa shape index (κ3) is 11.8. The Kier molecular flexibility index (Phi) is 15.6. The first-order valence-electron chi connectivity index (χ1n) is 18.5. The van der Waals surface area contributed by atoms with Crippen LogP contribution in [0.1, 0.15) is 61.7 Å². The number of carbonyl (C=O) groups is 1. The van der Waals surface area contributed by atoms with Crippen LogP contribution >= 0.6 is 7.26 Å². The highest BCUT2D eigenvalue weighted by atomic mass is 32.2. The summed E-state index contributed by atoms with van der Waals surface area (Å²) in [6.45, 7) is -0.178. The minimum atomic E-state index is -3.95. The lowest BCUT2D eigenvalue weighted by Gasteiger charge is -2.27. The summed E-state index contributed by atoms with van der Waals surface area (Å²) in [6, 6.07) is 47.5. The first-order chi connectivity index (χ1) is 25.9. The van der Waals surface area contributed by atoms with Crippen LogP contribution in [0.15, 0.2) is 150 Å². The van der Waals surface area contributed by atoms with Crippen LogP contribution in [-0.2, 0) is 19.0 Å². The average molecular weight is 754 g/mol. The van der Waals surface area contributed by atoms with E-state index in [1.807, 2.05) is 18.2 Å². The summed E-state index contributed by atoms with van der Waals surface area (Å²) in [5.74, 6) is -0.0702. The molecule has 0 radical (unpaired) electrons. The van der Waals surface area contributed by atoms with E-state index in [0.717, 1.165) is 38.3 Å². The van der Waals surface area contributed by atoms with Crippen molar-refractivity contribution in [1.29, 1.82) is 0 Å². The van der Waals surface area contributed by atoms with Crippen molar-refractivity contribution in [2.24, 2.45) is 0 Å². The van der Waals surface area contributed by atoms with Crippen molar-refractivity contribution in [2.45, 2.75) is 62.4 Å². The summed E-state index contributed by atoms with van der Waals surface area (Å²) in [5.41, 5.74) is 0.171. The SMILES string of the molecule is O=C(OCC(O)COc1ccccc1)c1ccc(S(=O)(=O)OCCCCCCCCCC[P+](c2ccccc2)(c2ccccc2)c2ccccc2)cc1. The highest BCUT2D eigenvalue weighted by Gasteiger charge is 2.44. The molecule has 9 heteroatoms. The van der Waals surface area contributed by atoms with Crippen LogP contribution in [0.2, 0.25) is 0 Å². The van der Waals surface area contributed by atoms with Gasteiger partial charge in [0.05, 0.1) is 23.2 Å². The van der Waals surface area contributed by atoms with Crippen molar-refractivity contribution in [1.82, 2.24) is 0 Å². The fourth-order valence-electron chi connectivity index (χ4n) is 6.40. The van der Waals surface area contributed by atoms with Crippen LogP contribution in [0.4, 0.5) is 0 Å². The lowest BCUT2D eigenvalue weighted by atomic mass is 10.1. The van der Waals surface area contributed by atoms with Gasteiger partial charge in [-0.15, -0.1) is 0 Å². The molecule has 0 saturated heterocycles. The van der Waals surface area contributed by atoms with Gasteiger partial charge in [0.1, 0.15) is 48.2 Å². The minimum absolute atomic E-state index is 0.0244. The van der Waals surface area contributed by atoms with Crippen molar-refractivity contribution < 1.29 is 32.0 Å². The highest BCUT2D eigenvalue weighted by Crippen LogP contribution is 2.56. The maximum absolute atomic E-state index is 12.7. The molecule has 5 aromatic rings. The molecule has 0 heterocycles. The molecule has 7 nitrogen and oxygen atoms in total. The van der Waals surface area contributed by atoms with Crippen molar-refractivity contribution in [3.63, 3.8) is 0 Å². The second-order valence-corrected chi connectivity index (χ2v) is 18.3. The number of aliphatic hydroxyl groups excluding tert-OH is 1. The molecule has 1 atom stereocenters. The topological polar surface area (TPSA) is 99.1 Å². The number of aliphatic hydroxyl groups is 1. The van der Waals surface area contributed by atoms with Crippen LogP contribution in [0.3, 0.4) is 0 Å². The van der Waals surface area contributed by atoms with Gasteiger partial charge in [0.15, 0.2) is 0 Å². The number of benzene rings is 5. The average Bonchev–Trinajstić information content (AvgIpc) is 3.21. The lowest BCUT2D eigenvalue weighted by molar-refractivity contribution is 0.0130. The summed E-state index contributed by atoms with van der Waals surface area (Å²) in [6.07, 6.45) is 8.48. The Hall–Kier alpha value is -4.33. The molecule has 0 saturated carbocycles. The maximum atomic E-state index is 12.7. The molecule has 5 aromatic carbocycles. The first kappa shape index (κ1) is 39.9. The van der Waals surface area contributed by atoms with E-state index in [2.05, 4.69) is 91.0 Å². The van der Waals surface area contributed by atoms with E-state index < -0.39 is 29.5 Å². The van der Waals surface area contributed by atoms with Gasteiger partial charge in [-0.1, -0.05) is 105 Å². The minimum Gasteiger partial charge on any atom is -0.491 e. The molecule has 5 rings (SSSR count). The summed E-state index contributed by atoms with van der Waals surface area (Å²) >= 11 is 0. The van der Waals surface area contributed by atoms with Gasteiger partial charge in [-0.3, -0.25) is 4.18 Å². The Bertz CT molecular complexity index is 1790. The van der Waals surface area contributed by atoms with Crippen molar-refractivity contribution in [3.8, 4) is 5.75 Å². The Morgan fingerprint density at radius 2 is 1.02 bits per heavy atom. The van der Waals surface area contributed by atoms with Gasteiger partial charge in [-0.25, -0.2) is 4.79 Å². The molecular weight excluding hydrogens is 704 g/mol. The second-order valence-electron chi connectivity index (χ2n) is 13.0. The van der Waals surface area contributed by atoms with Crippen LogP contribution in [0, 0.1) is 0 Å². The van der Waals surface area contributed by atoms with E-state index in [-0.39, 0.29) is 30.3 Å². The number of carbonyl (C=O) groups excluding carboxylic acids is 1. The summed E-state index contributed by atoms with van der Waals surface area (Å²) in [5, 5.41) is 14.4. The van der Waals surface area contributed by atoms with Crippen molar-refractivity contribution in [3.05, 3.63) is 151 Å². The van der Waals surface area contributed by atoms with Gasteiger partial charge < -0.3 is 14.6 Å². The largest absolute Gasteiger partial charge is 0.491 e. The fourth-order valence-corrected chi connectivity index (χ4v) is 11.8. The normalized spacial score (nSPS) is 12.2. The number of hydrogen-bond acceptors (Lipinski definition) is 7. The van der Waals surface area contributed by atoms with Crippen LogP contribution in [-0.4, -0.2) is 51.6 Å². The molecule has 1 unspecified atom stereocenters. The zero-order valence-electron chi connectivity index (χ0n) is 30.2. The molecule has 0 aromatic heterocycles. The molecular formula is C44H50O7PS+. The number of ether oxygens (including phenoxy) is 2. The monoisotopic (exact) mass is 753 g/mol. The van der Waals surface area contributed by atoms with E-state index in [4.69, 9.17) is 13.7 Å². The highest BCUT2D eigenvalue weighted by molar-refractivity contribution is 7.95. The van der Waals surface area contributed by atoms with Crippen LogP contribution in [0.5, 0.6) is 5.75 Å². The molecule has 0 aliphatic heterocycles. The molecule has 0 aliphatic carbocycles. The van der Waals surface area contributed by atoms with Crippen molar-refractivity contribution >= 4 is 39.3 Å². The van der Waals surface area contributed by atoms with E-state index >= 15 is 0 Å². The molecule has 0 spiro atoms. The molecule has 0 fully saturated rings. The quantitative estimate of drug-likeness (QED) is 0.0330. The van der Waals surface area contributed by atoms with E-state index in [0.29, 0.717) is 12.2 Å². The maximum Gasteiger partial charge on any atom is 0.338 e. The summed E-state index contributed by atoms with van der Waals surface area (Å²) in [4.78, 5) is 12.4. The first-order valence-corrected chi connectivity index (χ1v) is 21.8. The number of hydrogen-bond donors (Lipinski definition) is 1. The third-order valence-electron chi connectivity index (χ3n) is 9.19. The van der Waals surface area contributed by atoms with Gasteiger partial charge in [-0.2, -0.15) is 8.42 Å². The smallest absolute Gasteiger partial charge is 0.338 e. The fraction of sp³-hybridized carbons (Fsp3) is 0.295. The second kappa shape index (κ2) is 20.8. The van der Waals surface area contributed by atoms with Gasteiger partial charge in [0.25, 0.3) is 10.1 Å². The van der Waals surface area contributed by atoms with E-state index in [1.54, 1.807) is 12.1 Å². The third-order valence-corrected chi connectivity index (χ3v) is 15.0. The molecule has 0 bridgehead atoms. The number of unbranched alkanes of at least 4 members (excludes halogenated alkanes) is 7. The summed E-state index contributed by atoms with van der Waals surface area (Å²) < 4.78 is 41.3. The number of esters is 1. The molecule has 0 amide bonds. The lowest BCUT2D eigenvalue weighted by Crippen LogP contribution is -2.33. The zero-order valence-corrected chi connectivity index (χ0v) is 31.9. The van der Waals surface area contributed by atoms with Gasteiger partial charge >= 0.3 is 5.97 Å². The Morgan fingerprint density at radius 3 is 1.53 bits per heavy atom. The predicted molar refractivity (Wildman–Crippen MR) is 215 cm³/mol. The Labute approximate surface area is 315 Å². The van der Waals surface area contributed by atoms with E-state index in [1.165, 1.54) is 53.0 Å². The number of para-hydroxylation sites is 1.